The van der Waals surface area contributed by atoms with E-state index in [1.54, 1.807) is 22.3 Å². The maximum atomic E-state index is 3.83. The first-order valence-corrected chi connectivity index (χ1v) is 26.7. The van der Waals surface area contributed by atoms with Crippen molar-refractivity contribution in [3.63, 3.8) is 0 Å². The van der Waals surface area contributed by atoms with Gasteiger partial charge in [-0.05, 0) is 0 Å². The molecule has 0 spiro atoms. The molecule has 0 heterocycles. The molecule has 2 aromatic rings. The minimum atomic E-state index is -3.35. The Morgan fingerprint density at radius 3 is 1.50 bits per heavy atom. The summed E-state index contributed by atoms with van der Waals surface area (Å²) in [5.74, 6) is -0.950. The summed E-state index contributed by atoms with van der Waals surface area (Å²) in [7, 11) is 0. The standard InChI is InChI=1S/2C10H8Br.C2H7Si.2CH3.Zr/c2*1-7-5-8-3-2-4-10(11)9(8)6-7;1-3-2;;;/h2*2-6H,1H3;3H,1-2H3;2*1H3;. The van der Waals surface area contributed by atoms with Gasteiger partial charge in [0.15, 0.2) is 0 Å². The Hall–Kier alpha value is -0.0200. The van der Waals surface area contributed by atoms with E-state index in [0.29, 0.717) is 7.25 Å². The zero-order valence-electron chi connectivity index (χ0n) is 17.6. The first-order valence-electron chi connectivity index (χ1n) is 10.2. The Kier molecular flexibility index (Phi) is 5.31. The van der Waals surface area contributed by atoms with Crippen molar-refractivity contribution in [2.45, 2.75) is 43.5 Å². The summed E-state index contributed by atoms with van der Waals surface area (Å²) in [6.07, 6.45) is 4.94. The van der Waals surface area contributed by atoms with Gasteiger partial charge in [-0.2, -0.15) is 0 Å². The maximum absolute atomic E-state index is 3.83. The number of hydrogen-bond acceptors (Lipinski definition) is 0. The van der Waals surface area contributed by atoms with Crippen molar-refractivity contribution in [3.05, 3.63) is 78.7 Å². The number of fused-ring (bicyclic) bond motifs is 2. The zero-order chi connectivity index (χ0) is 20.5. The number of benzene rings is 2. The molecular formula is C24H29Br2SiZr. The molecule has 28 heavy (non-hydrogen) atoms. The van der Waals surface area contributed by atoms with E-state index in [9.17, 15) is 0 Å². The summed E-state index contributed by atoms with van der Waals surface area (Å²) in [5, 5.41) is 0. The number of halogens is 2. The van der Waals surface area contributed by atoms with Crippen LogP contribution < -0.4 is 0 Å². The number of hydrogen-bond donors (Lipinski definition) is 0. The predicted molar refractivity (Wildman–Crippen MR) is 132 cm³/mol. The topological polar surface area (TPSA) is 0 Å². The fraction of sp³-hybridized carbons (Fsp3) is 0.333. The van der Waals surface area contributed by atoms with Gasteiger partial charge < -0.3 is 0 Å². The van der Waals surface area contributed by atoms with Gasteiger partial charge in [-0.3, -0.25) is 0 Å². The van der Waals surface area contributed by atoms with Crippen LogP contribution in [0.5, 0.6) is 0 Å². The van der Waals surface area contributed by atoms with Crippen molar-refractivity contribution >= 4 is 49.9 Å². The average Bonchev–Trinajstić information content (AvgIpc) is 3.14. The van der Waals surface area contributed by atoms with E-state index in [-0.39, 0.29) is 0 Å². The zero-order valence-corrected chi connectivity index (χ0v) is 24.4. The molecule has 0 bridgehead atoms. The molecule has 4 heteroatoms. The normalized spacial score (nSPS) is 22.4. The summed E-state index contributed by atoms with van der Waals surface area (Å²) < 4.78 is 9.37. The van der Waals surface area contributed by atoms with E-state index >= 15 is 0 Å². The molecule has 0 radical (unpaired) electrons. The van der Waals surface area contributed by atoms with Crippen molar-refractivity contribution in [3.8, 4) is 0 Å². The second-order valence-corrected chi connectivity index (χ2v) is 49.6. The van der Waals surface area contributed by atoms with Crippen LogP contribution >= 0.6 is 31.9 Å². The van der Waals surface area contributed by atoms with Gasteiger partial charge in [-0.15, -0.1) is 0 Å². The van der Waals surface area contributed by atoms with Crippen LogP contribution in [-0.2, 0) is 17.9 Å². The van der Waals surface area contributed by atoms with Crippen LogP contribution in [0.15, 0.2) is 56.5 Å². The molecule has 2 aliphatic carbocycles. The van der Waals surface area contributed by atoms with E-state index in [4.69, 9.17) is 0 Å². The van der Waals surface area contributed by atoms with Crippen molar-refractivity contribution in [2.24, 2.45) is 0 Å². The molecule has 0 amide bonds. The van der Waals surface area contributed by atoms with E-state index in [0.717, 1.165) is 0 Å². The summed E-state index contributed by atoms with van der Waals surface area (Å²) >= 11 is 4.30. The van der Waals surface area contributed by atoms with Gasteiger partial charge in [0.25, 0.3) is 0 Å². The monoisotopic (exact) mass is 593 g/mol. The molecule has 2 aliphatic rings. The van der Waals surface area contributed by atoms with Crippen LogP contribution in [0.2, 0.25) is 22.4 Å². The van der Waals surface area contributed by atoms with Crippen molar-refractivity contribution in [1.82, 2.24) is 0 Å². The molecule has 0 N–H and O–H groups in total. The Morgan fingerprint density at radius 2 is 1.14 bits per heavy atom. The van der Waals surface area contributed by atoms with Gasteiger partial charge in [0.05, 0.1) is 0 Å². The van der Waals surface area contributed by atoms with Gasteiger partial charge in [0.2, 0.25) is 0 Å². The second kappa shape index (κ2) is 7.01. The quantitative estimate of drug-likeness (QED) is 0.312. The van der Waals surface area contributed by atoms with E-state index < -0.39 is 23.9 Å². The third kappa shape index (κ3) is 2.81. The van der Waals surface area contributed by atoms with Gasteiger partial charge in [-0.25, -0.2) is 0 Å². The Morgan fingerprint density at radius 1 is 0.750 bits per heavy atom. The third-order valence-corrected chi connectivity index (χ3v) is 56.6. The molecule has 0 nitrogen and oxygen atoms in total. The van der Waals surface area contributed by atoms with E-state index in [1.807, 2.05) is 0 Å². The molecule has 2 aromatic carbocycles. The van der Waals surface area contributed by atoms with E-state index in [2.05, 4.69) is 117 Å². The summed E-state index contributed by atoms with van der Waals surface area (Å²) in [6.45, 7) is 10.1. The summed E-state index contributed by atoms with van der Waals surface area (Å²) in [6, 6.07) is 13.7. The minimum absolute atomic E-state index is 0.638. The van der Waals surface area contributed by atoms with Crippen LogP contribution in [0.4, 0.5) is 0 Å². The molecule has 0 fully saturated rings. The van der Waals surface area contributed by atoms with Gasteiger partial charge in [0, 0.05) is 0 Å². The third-order valence-electron chi connectivity index (χ3n) is 8.09. The average molecular weight is 597 g/mol. The summed E-state index contributed by atoms with van der Waals surface area (Å²) in [5.41, 5.74) is 9.21. The van der Waals surface area contributed by atoms with Crippen LogP contribution in [0.1, 0.15) is 43.4 Å². The Balaban J connectivity index is 2.01. The van der Waals surface area contributed by atoms with Crippen molar-refractivity contribution in [2.75, 3.05) is 0 Å². The molecule has 147 valence electrons. The fourth-order valence-electron chi connectivity index (χ4n) is 6.28. The first kappa shape index (κ1) is 21.2. The van der Waals surface area contributed by atoms with Crippen molar-refractivity contribution < 1.29 is 17.9 Å². The molecule has 2 atom stereocenters. The van der Waals surface area contributed by atoms with Crippen LogP contribution in [0.25, 0.3) is 12.2 Å². The predicted octanol–water partition coefficient (Wildman–Crippen LogP) is 8.60. The Bertz CT molecular complexity index is 971. The molecule has 4 rings (SSSR count). The fourth-order valence-corrected chi connectivity index (χ4v) is 38.0. The SMILES string of the molecule is CC1=Cc2c(Br)cccc2[CH]1[Zr]([CH3])([CH3])([CH]1C(C)=Cc2c(Br)cccc21)[SiH](C)C. The molecule has 0 aromatic heterocycles. The molecule has 0 aliphatic heterocycles. The second-order valence-electron chi connectivity index (χ2n) is 10.0. The Labute approximate surface area is 188 Å². The molecule has 2 unspecified atom stereocenters. The van der Waals surface area contributed by atoms with Gasteiger partial charge in [0.1, 0.15) is 0 Å². The van der Waals surface area contributed by atoms with Crippen LogP contribution in [0, 0.1) is 0 Å². The van der Waals surface area contributed by atoms with E-state index in [1.165, 1.54) is 20.1 Å². The van der Waals surface area contributed by atoms with Gasteiger partial charge >= 0.3 is 190 Å². The first-order chi connectivity index (χ1) is 13.1. The van der Waals surface area contributed by atoms with Crippen LogP contribution in [0.3, 0.4) is 0 Å². The number of rotatable bonds is 3. The number of allylic oxidation sites excluding steroid dienone is 2. The molecule has 0 saturated carbocycles. The van der Waals surface area contributed by atoms with Crippen LogP contribution in [-0.4, -0.2) is 5.92 Å². The summed E-state index contributed by atoms with van der Waals surface area (Å²) in [4.78, 5) is 0. The molecular weight excluding hydrogens is 567 g/mol. The van der Waals surface area contributed by atoms with Gasteiger partial charge in [-0.1, -0.05) is 0 Å². The van der Waals surface area contributed by atoms with Crippen molar-refractivity contribution in [1.29, 1.82) is 0 Å². The molecule has 0 saturated heterocycles.